The van der Waals surface area contributed by atoms with Crippen molar-refractivity contribution in [2.24, 2.45) is 0 Å². The molecule has 1 fully saturated rings. The van der Waals surface area contributed by atoms with E-state index in [9.17, 15) is 9.18 Å². The molecule has 2 heterocycles. The molecule has 1 saturated heterocycles. The molecule has 86 valence electrons. The van der Waals surface area contributed by atoms with E-state index in [-0.39, 0.29) is 11.9 Å². The average Bonchev–Trinajstić information content (AvgIpc) is 2.29. The van der Waals surface area contributed by atoms with Gasteiger partial charge in [-0.15, -0.1) is 0 Å². The van der Waals surface area contributed by atoms with E-state index in [1.54, 1.807) is 11.0 Å². The van der Waals surface area contributed by atoms with Crippen LogP contribution in [0.3, 0.4) is 0 Å². The van der Waals surface area contributed by atoms with E-state index >= 15 is 0 Å². The number of halogens is 1. The Bertz CT molecular complexity index is 399. The number of carbonyl (C=O) groups excluding carboxylic acids is 1. The van der Waals surface area contributed by atoms with E-state index in [0.29, 0.717) is 5.56 Å². The fourth-order valence-corrected chi connectivity index (χ4v) is 2.74. The molecule has 0 saturated carbocycles. The number of amides is 1. The summed E-state index contributed by atoms with van der Waals surface area (Å²) in [7, 11) is 0. The molecule has 1 aliphatic rings. The van der Waals surface area contributed by atoms with Crippen LogP contribution in [-0.4, -0.2) is 39.9 Å². The second kappa shape index (κ2) is 4.82. The number of pyridine rings is 1. The molecule has 3 nitrogen and oxygen atoms in total. The van der Waals surface area contributed by atoms with Gasteiger partial charge in [-0.1, -0.05) is 0 Å². The van der Waals surface area contributed by atoms with Crippen molar-refractivity contribution >= 4 is 17.7 Å². The van der Waals surface area contributed by atoms with Crippen LogP contribution >= 0.6 is 11.8 Å². The van der Waals surface area contributed by atoms with E-state index in [4.69, 9.17) is 0 Å². The number of aromatic nitrogens is 1. The minimum Gasteiger partial charge on any atom is -0.334 e. The van der Waals surface area contributed by atoms with Crippen molar-refractivity contribution < 1.29 is 9.18 Å². The molecule has 1 aliphatic heterocycles. The zero-order valence-corrected chi connectivity index (χ0v) is 9.84. The molecule has 0 spiro atoms. The molecular formula is C11H13FN2OS. The standard InChI is InChI=1S/C11H13FN2OS/c1-8-7-16-5-4-14(8)11(15)9-2-3-13-10(12)6-9/h2-3,6,8H,4-5,7H2,1H3. The number of thioether (sulfide) groups is 1. The summed E-state index contributed by atoms with van der Waals surface area (Å²) in [6.45, 7) is 2.75. The molecule has 1 aromatic heterocycles. The Morgan fingerprint density at radius 1 is 1.69 bits per heavy atom. The van der Waals surface area contributed by atoms with Gasteiger partial charge in [0.25, 0.3) is 5.91 Å². The molecule has 0 aromatic carbocycles. The minimum atomic E-state index is -0.607. The summed E-state index contributed by atoms with van der Waals surface area (Å²) in [5.41, 5.74) is 0.381. The van der Waals surface area contributed by atoms with E-state index in [1.807, 2.05) is 18.7 Å². The van der Waals surface area contributed by atoms with Gasteiger partial charge in [-0.3, -0.25) is 4.79 Å². The van der Waals surface area contributed by atoms with Gasteiger partial charge in [0.2, 0.25) is 5.95 Å². The lowest BCUT2D eigenvalue weighted by Crippen LogP contribution is -2.44. The first-order valence-electron chi connectivity index (χ1n) is 5.19. The van der Waals surface area contributed by atoms with Gasteiger partial charge in [0, 0.05) is 41.9 Å². The second-order valence-corrected chi connectivity index (χ2v) is 4.94. The van der Waals surface area contributed by atoms with Gasteiger partial charge in [0.05, 0.1) is 0 Å². The monoisotopic (exact) mass is 240 g/mol. The SMILES string of the molecule is CC1CSCCN1C(=O)c1ccnc(F)c1. The smallest absolute Gasteiger partial charge is 0.254 e. The largest absolute Gasteiger partial charge is 0.334 e. The fraction of sp³-hybridized carbons (Fsp3) is 0.455. The maximum absolute atomic E-state index is 12.9. The first-order chi connectivity index (χ1) is 7.68. The summed E-state index contributed by atoms with van der Waals surface area (Å²) >= 11 is 1.84. The molecule has 1 amide bonds. The van der Waals surface area contributed by atoms with Gasteiger partial charge in [-0.05, 0) is 13.0 Å². The molecule has 0 N–H and O–H groups in total. The number of carbonyl (C=O) groups is 1. The molecule has 16 heavy (non-hydrogen) atoms. The van der Waals surface area contributed by atoms with Gasteiger partial charge in [0.15, 0.2) is 0 Å². The van der Waals surface area contributed by atoms with Crippen molar-refractivity contribution in [2.45, 2.75) is 13.0 Å². The summed E-state index contributed by atoms with van der Waals surface area (Å²) in [5, 5.41) is 0. The zero-order chi connectivity index (χ0) is 11.5. The van der Waals surface area contributed by atoms with Crippen LogP contribution in [0.5, 0.6) is 0 Å². The molecular weight excluding hydrogens is 227 g/mol. The Kier molecular flexibility index (Phi) is 3.43. The van der Waals surface area contributed by atoms with Crippen LogP contribution in [0.4, 0.5) is 4.39 Å². The number of rotatable bonds is 1. The predicted octanol–water partition coefficient (Wildman–Crippen LogP) is 1.80. The zero-order valence-electron chi connectivity index (χ0n) is 9.02. The topological polar surface area (TPSA) is 33.2 Å². The fourth-order valence-electron chi connectivity index (χ4n) is 1.73. The maximum Gasteiger partial charge on any atom is 0.254 e. The van der Waals surface area contributed by atoms with Crippen LogP contribution in [0, 0.1) is 5.95 Å². The van der Waals surface area contributed by atoms with Gasteiger partial charge in [-0.25, -0.2) is 4.98 Å². The van der Waals surface area contributed by atoms with Crippen LogP contribution in [0.25, 0.3) is 0 Å². The van der Waals surface area contributed by atoms with E-state index in [1.165, 1.54) is 12.3 Å². The summed E-state index contributed by atoms with van der Waals surface area (Å²) in [5.74, 6) is 1.18. The van der Waals surface area contributed by atoms with Crippen molar-refractivity contribution in [3.63, 3.8) is 0 Å². The van der Waals surface area contributed by atoms with Crippen LogP contribution in [0.1, 0.15) is 17.3 Å². The van der Waals surface area contributed by atoms with Crippen molar-refractivity contribution in [1.29, 1.82) is 0 Å². The normalized spacial score (nSPS) is 20.9. The molecule has 1 aromatic rings. The molecule has 2 rings (SSSR count). The highest BCUT2D eigenvalue weighted by Crippen LogP contribution is 2.18. The molecule has 0 bridgehead atoms. The highest BCUT2D eigenvalue weighted by atomic mass is 32.2. The second-order valence-electron chi connectivity index (χ2n) is 3.79. The van der Waals surface area contributed by atoms with Crippen LogP contribution in [-0.2, 0) is 0 Å². The summed E-state index contributed by atoms with van der Waals surface area (Å²) in [6.07, 6.45) is 1.33. The van der Waals surface area contributed by atoms with Crippen molar-refractivity contribution in [1.82, 2.24) is 9.88 Å². The van der Waals surface area contributed by atoms with Crippen LogP contribution < -0.4 is 0 Å². The van der Waals surface area contributed by atoms with Gasteiger partial charge < -0.3 is 4.90 Å². The van der Waals surface area contributed by atoms with Gasteiger partial charge in [-0.2, -0.15) is 16.2 Å². The third kappa shape index (κ3) is 2.35. The quantitative estimate of drug-likeness (QED) is 0.702. The van der Waals surface area contributed by atoms with E-state index in [2.05, 4.69) is 4.98 Å². The van der Waals surface area contributed by atoms with Crippen LogP contribution in [0.2, 0.25) is 0 Å². The van der Waals surface area contributed by atoms with E-state index < -0.39 is 5.95 Å². The predicted molar refractivity (Wildman–Crippen MR) is 62.0 cm³/mol. The average molecular weight is 240 g/mol. The molecule has 0 radical (unpaired) electrons. The van der Waals surface area contributed by atoms with Gasteiger partial charge in [0.1, 0.15) is 0 Å². The molecule has 0 aliphatic carbocycles. The Morgan fingerprint density at radius 3 is 3.19 bits per heavy atom. The maximum atomic E-state index is 12.9. The van der Waals surface area contributed by atoms with Crippen molar-refractivity contribution in [2.75, 3.05) is 18.1 Å². The molecule has 1 atom stereocenters. The molecule has 1 unspecified atom stereocenters. The Morgan fingerprint density at radius 2 is 2.50 bits per heavy atom. The number of nitrogens with zero attached hydrogens (tertiary/aromatic N) is 2. The number of hydrogen-bond donors (Lipinski definition) is 0. The third-order valence-electron chi connectivity index (χ3n) is 2.60. The highest BCUT2D eigenvalue weighted by molar-refractivity contribution is 7.99. The number of hydrogen-bond acceptors (Lipinski definition) is 3. The Hall–Kier alpha value is -1.10. The Balaban J connectivity index is 2.17. The minimum absolute atomic E-state index is 0.103. The summed E-state index contributed by atoms with van der Waals surface area (Å²) in [4.78, 5) is 17.3. The lowest BCUT2D eigenvalue weighted by atomic mass is 10.2. The van der Waals surface area contributed by atoms with Crippen molar-refractivity contribution in [3.05, 3.63) is 29.8 Å². The third-order valence-corrected chi connectivity index (χ3v) is 3.79. The van der Waals surface area contributed by atoms with Crippen LogP contribution in [0.15, 0.2) is 18.3 Å². The lowest BCUT2D eigenvalue weighted by molar-refractivity contribution is 0.0715. The summed E-state index contributed by atoms with van der Waals surface area (Å²) in [6, 6.07) is 2.96. The summed E-state index contributed by atoms with van der Waals surface area (Å²) < 4.78 is 12.9. The van der Waals surface area contributed by atoms with Crippen molar-refractivity contribution in [3.8, 4) is 0 Å². The Labute approximate surface area is 98.0 Å². The lowest BCUT2D eigenvalue weighted by Gasteiger charge is -2.33. The molecule has 5 heteroatoms. The first-order valence-corrected chi connectivity index (χ1v) is 6.34. The first kappa shape index (κ1) is 11.4. The highest BCUT2D eigenvalue weighted by Gasteiger charge is 2.24. The van der Waals surface area contributed by atoms with Gasteiger partial charge >= 0.3 is 0 Å². The van der Waals surface area contributed by atoms with E-state index in [0.717, 1.165) is 18.1 Å².